The summed E-state index contributed by atoms with van der Waals surface area (Å²) in [5.74, 6) is 0.237. The molecule has 6 heteroatoms. The van der Waals surface area contributed by atoms with Gasteiger partial charge in [-0.1, -0.05) is 0 Å². The first-order valence-electron chi connectivity index (χ1n) is 6.48. The average molecular weight is 254 g/mol. The van der Waals surface area contributed by atoms with E-state index in [-0.39, 0.29) is 36.1 Å². The molecule has 3 fully saturated rings. The number of aliphatic hydroxyl groups excluding tert-OH is 2. The zero-order valence-corrected chi connectivity index (χ0v) is 10.3. The van der Waals surface area contributed by atoms with Gasteiger partial charge in [0, 0.05) is 13.1 Å². The van der Waals surface area contributed by atoms with Gasteiger partial charge in [-0.2, -0.15) is 0 Å². The first-order valence-corrected chi connectivity index (χ1v) is 6.48. The molecule has 0 bridgehead atoms. The lowest BCUT2D eigenvalue weighted by Gasteiger charge is -2.26. The standard InChI is InChI=1S/C12H18N2O4/c15-7-5-13-9(17)11(13)1-2-12(4-3-11)10(18)14(12)6-8-16/h15-16H,1-8H2. The van der Waals surface area contributed by atoms with Crippen LogP contribution in [0.25, 0.3) is 0 Å². The minimum absolute atomic E-state index is 0.00575. The molecule has 6 nitrogen and oxygen atoms in total. The van der Waals surface area contributed by atoms with Crippen molar-refractivity contribution in [3.63, 3.8) is 0 Å². The third-order valence-electron chi connectivity index (χ3n) is 4.77. The third-order valence-corrected chi connectivity index (χ3v) is 4.77. The molecular weight excluding hydrogens is 236 g/mol. The van der Waals surface area contributed by atoms with Crippen molar-refractivity contribution in [3.05, 3.63) is 0 Å². The summed E-state index contributed by atoms with van der Waals surface area (Å²) in [6, 6.07) is 0. The van der Waals surface area contributed by atoms with Crippen molar-refractivity contribution < 1.29 is 19.8 Å². The lowest BCUT2D eigenvalue weighted by Crippen LogP contribution is -2.34. The molecule has 0 atom stereocenters. The van der Waals surface area contributed by atoms with E-state index >= 15 is 0 Å². The van der Waals surface area contributed by atoms with E-state index in [4.69, 9.17) is 10.2 Å². The fourth-order valence-corrected chi connectivity index (χ4v) is 3.57. The van der Waals surface area contributed by atoms with Crippen LogP contribution in [-0.4, -0.2) is 69.2 Å². The van der Waals surface area contributed by atoms with E-state index < -0.39 is 0 Å². The predicted molar refractivity (Wildman–Crippen MR) is 61.5 cm³/mol. The van der Waals surface area contributed by atoms with Crippen LogP contribution in [0.3, 0.4) is 0 Å². The molecule has 0 aromatic carbocycles. The van der Waals surface area contributed by atoms with Gasteiger partial charge >= 0.3 is 0 Å². The maximum absolute atomic E-state index is 11.8. The Bertz CT molecular complexity index is 363. The van der Waals surface area contributed by atoms with Crippen LogP contribution in [0, 0.1) is 0 Å². The number of amides is 2. The van der Waals surface area contributed by atoms with Crippen LogP contribution in [0.15, 0.2) is 0 Å². The first-order chi connectivity index (χ1) is 8.62. The van der Waals surface area contributed by atoms with E-state index in [1.165, 1.54) is 0 Å². The highest BCUT2D eigenvalue weighted by Crippen LogP contribution is 2.55. The van der Waals surface area contributed by atoms with Crippen molar-refractivity contribution in [1.82, 2.24) is 9.80 Å². The lowest BCUT2D eigenvalue weighted by molar-refractivity contribution is -0.116. The largest absolute Gasteiger partial charge is 0.395 e. The van der Waals surface area contributed by atoms with E-state index in [1.54, 1.807) is 9.80 Å². The van der Waals surface area contributed by atoms with Gasteiger partial charge in [-0.15, -0.1) is 0 Å². The minimum Gasteiger partial charge on any atom is -0.395 e. The van der Waals surface area contributed by atoms with Crippen LogP contribution < -0.4 is 0 Å². The second kappa shape index (κ2) is 3.68. The van der Waals surface area contributed by atoms with Crippen molar-refractivity contribution in [3.8, 4) is 0 Å². The van der Waals surface area contributed by atoms with Crippen molar-refractivity contribution in [1.29, 1.82) is 0 Å². The van der Waals surface area contributed by atoms with E-state index in [9.17, 15) is 9.59 Å². The maximum atomic E-state index is 11.8. The normalized spacial score (nSPS) is 37.9. The molecule has 18 heavy (non-hydrogen) atoms. The Morgan fingerprint density at radius 2 is 1.17 bits per heavy atom. The molecule has 2 spiro atoms. The summed E-state index contributed by atoms with van der Waals surface area (Å²) >= 11 is 0. The fourth-order valence-electron chi connectivity index (χ4n) is 3.57. The molecule has 2 heterocycles. The number of nitrogens with zero attached hydrogens (tertiary/aromatic N) is 2. The number of β-amino-alcohol motifs (C(OH)–C–C–N with tert-alkyl or cyclic N) is 2. The van der Waals surface area contributed by atoms with Crippen molar-refractivity contribution in [2.75, 3.05) is 26.3 Å². The Hall–Kier alpha value is -1.14. The van der Waals surface area contributed by atoms with E-state index in [1.807, 2.05) is 0 Å². The van der Waals surface area contributed by atoms with Crippen LogP contribution in [0.5, 0.6) is 0 Å². The molecule has 0 radical (unpaired) electrons. The minimum atomic E-state index is -0.387. The number of hydrogen-bond donors (Lipinski definition) is 2. The Morgan fingerprint density at radius 3 is 1.44 bits per heavy atom. The number of hydrogen-bond acceptors (Lipinski definition) is 4. The Balaban J connectivity index is 1.63. The van der Waals surface area contributed by atoms with Crippen molar-refractivity contribution >= 4 is 11.8 Å². The SMILES string of the molecule is O=C1N(CCO)C12CCC1(CC2)C(=O)N1CCO. The van der Waals surface area contributed by atoms with Crippen LogP contribution in [-0.2, 0) is 9.59 Å². The molecule has 100 valence electrons. The Kier molecular flexibility index (Phi) is 2.44. The summed E-state index contributed by atoms with van der Waals surface area (Å²) < 4.78 is 0. The lowest BCUT2D eigenvalue weighted by atomic mass is 9.80. The second-order valence-corrected chi connectivity index (χ2v) is 5.42. The van der Waals surface area contributed by atoms with E-state index in [2.05, 4.69) is 0 Å². The van der Waals surface area contributed by atoms with Crippen molar-refractivity contribution in [2.24, 2.45) is 0 Å². The zero-order valence-electron chi connectivity index (χ0n) is 10.3. The van der Waals surface area contributed by atoms with Gasteiger partial charge in [0.25, 0.3) is 0 Å². The molecule has 2 amide bonds. The summed E-state index contributed by atoms with van der Waals surface area (Å²) in [6.07, 6.45) is 2.78. The van der Waals surface area contributed by atoms with Gasteiger partial charge in [0.2, 0.25) is 11.8 Å². The van der Waals surface area contributed by atoms with Gasteiger partial charge in [0.15, 0.2) is 0 Å². The third kappa shape index (κ3) is 1.30. The van der Waals surface area contributed by atoms with Crippen LogP contribution in [0.1, 0.15) is 25.7 Å². The molecule has 2 aliphatic heterocycles. The van der Waals surface area contributed by atoms with Gasteiger partial charge < -0.3 is 20.0 Å². The fraction of sp³-hybridized carbons (Fsp3) is 0.833. The summed E-state index contributed by atoms with van der Waals surface area (Å²) in [5, 5.41) is 17.8. The maximum Gasteiger partial charge on any atom is 0.249 e. The summed E-state index contributed by atoms with van der Waals surface area (Å²) in [4.78, 5) is 27.0. The first kappa shape index (κ1) is 11.9. The second-order valence-electron chi connectivity index (χ2n) is 5.42. The number of aliphatic hydroxyl groups is 2. The highest BCUT2D eigenvalue weighted by atomic mass is 16.3. The Morgan fingerprint density at radius 1 is 0.833 bits per heavy atom. The van der Waals surface area contributed by atoms with Crippen LogP contribution >= 0.6 is 0 Å². The summed E-state index contributed by atoms with van der Waals surface area (Å²) in [7, 11) is 0. The molecule has 0 aromatic heterocycles. The molecule has 0 aromatic rings. The predicted octanol–water partition coefficient (Wildman–Crippen LogP) is -1.29. The van der Waals surface area contributed by atoms with Gasteiger partial charge in [-0.05, 0) is 25.7 Å². The average Bonchev–Trinajstić information content (AvgIpc) is 3.13. The molecule has 0 unspecified atom stereocenters. The topological polar surface area (TPSA) is 80.6 Å². The molecular formula is C12H18N2O4. The highest BCUT2D eigenvalue weighted by molar-refractivity contribution is 6.05. The quantitative estimate of drug-likeness (QED) is 0.612. The van der Waals surface area contributed by atoms with Crippen molar-refractivity contribution in [2.45, 2.75) is 36.8 Å². The zero-order chi connectivity index (χ0) is 13.0. The highest BCUT2D eigenvalue weighted by Gasteiger charge is 2.71. The van der Waals surface area contributed by atoms with Gasteiger partial charge in [-0.3, -0.25) is 9.59 Å². The number of rotatable bonds is 4. The monoisotopic (exact) mass is 254 g/mol. The van der Waals surface area contributed by atoms with Gasteiger partial charge in [0.05, 0.1) is 13.2 Å². The molecule has 3 rings (SSSR count). The van der Waals surface area contributed by atoms with Gasteiger partial charge in [0.1, 0.15) is 11.1 Å². The van der Waals surface area contributed by atoms with Crippen LogP contribution in [0.2, 0.25) is 0 Å². The molecule has 1 saturated carbocycles. The number of carbonyl (C=O) groups is 2. The molecule has 3 aliphatic rings. The summed E-state index contributed by atoms with van der Waals surface area (Å²) in [5.41, 5.74) is -0.774. The Labute approximate surface area is 105 Å². The van der Waals surface area contributed by atoms with E-state index in [0.29, 0.717) is 38.8 Å². The summed E-state index contributed by atoms with van der Waals surface area (Å²) in [6.45, 7) is 0.794. The van der Waals surface area contributed by atoms with Gasteiger partial charge in [-0.25, -0.2) is 0 Å². The smallest absolute Gasteiger partial charge is 0.249 e. The number of carbonyl (C=O) groups excluding carboxylic acids is 2. The van der Waals surface area contributed by atoms with Crippen LogP contribution in [0.4, 0.5) is 0 Å². The molecule has 2 saturated heterocycles. The van der Waals surface area contributed by atoms with E-state index in [0.717, 1.165) is 0 Å². The molecule has 2 N–H and O–H groups in total. The molecule has 1 aliphatic carbocycles.